The molecule has 2 aliphatic carbocycles. The SMILES string of the molecule is NC1CCC(NC(=O)[C@H]2CC(N(Cc3ccccc3)C3CC3)CCN2C(=O)c2cccnc2)CC1. The molecule has 3 fully saturated rings. The van der Waals surface area contributed by atoms with Crippen LogP contribution in [0.2, 0.25) is 0 Å². The number of likely N-dealkylation sites (tertiary alicyclic amines) is 1. The van der Waals surface area contributed by atoms with Crippen molar-refractivity contribution in [3.8, 4) is 0 Å². The first-order chi connectivity index (χ1) is 17.1. The summed E-state index contributed by atoms with van der Waals surface area (Å²) in [5.74, 6) is -0.133. The summed E-state index contributed by atoms with van der Waals surface area (Å²) in [4.78, 5) is 35.6. The van der Waals surface area contributed by atoms with E-state index in [1.807, 2.05) is 6.07 Å². The Morgan fingerprint density at radius 1 is 0.971 bits per heavy atom. The van der Waals surface area contributed by atoms with Gasteiger partial charge in [-0.3, -0.25) is 19.5 Å². The Morgan fingerprint density at radius 3 is 2.43 bits per heavy atom. The van der Waals surface area contributed by atoms with E-state index in [0.717, 1.165) is 38.6 Å². The molecule has 1 unspecified atom stereocenters. The summed E-state index contributed by atoms with van der Waals surface area (Å²) in [5, 5.41) is 3.28. The zero-order chi connectivity index (χ0) is 24.2. The minimum Gasteiger partial charge on any atom is -0.352 e. The summed E-state index contributed by atoms with van der Waals surface area (Å²) in [6.07, 6.45) is 10.9. The van der Waals surface area contributed by atoms with Crippen molar-refractivity contribution in [2.75, 3.05) is 6.54 Å². The maximum atomic E-state index is 13.6. The number of benzene rings is 1. The van der Waals surface area contributed by atoms with Gasteiger partial charge in [-0.15, -0.1) is 0 Å². The monoisotopic (exact) mass is 475 g/mol. The number of carbonyl (C=O) groups is 2. The largest absolute Gasteiger partial charge is 0.352 e. The zero-order valence-corrected chi connectivity index (χ0v) is 20.4. The number of nitrogens with zero attached hydrogens (tertiary/aromatic N) is 3. The van der Waals surface area contributed by atoms with Crippen molar-refractivity contribution in [3.05, 3.63) is 66.0 Å². The van der Waals surface area contributed by atoms with E-state index in [2.05, 4.69) is 39.5 Å². The molecule has 3 N–H and O–H groups in total. The van der Waals surface area contributed by atoms with Gasteiger partial charge in [0, 0.05) is 49.7 Å². The van der Waals surface area contributed by atoms with Crippen LogP contribution >= 0.6 is 0 Å². The Labute approximate surface area is 208 Å². The van der Waals surface area contributed by atoms with Gasteiger partial charge < -0.3 is 16.0 Å². The Morgan fingerprint density at radius 2 is 1.74 bits per heavy atom. The van der Waals surface area contributed by atoms with Crippen LogP contribution in [-0.4, -0.2) is 63.4 Å². The molecule has 2 amide bonds. The molecule has 1 aliphatic heterocycles. The fourth-order valence-electron chi connectivity index (χ4n) is 5.71. The second kappa shape index (κ2) is 10.9. The second-order valence-electron chi connectivity index (χ2n) is 10.4. The molecule has 7 nitrogen and oxygen atoms in total. The number of nitrogens with one attached hydrogen (secondary N) is 1. The highest BCUT2D eigenvalue weighted by molar-refractivity contribution is 5.97. The van der Waals surface area contributed by atoms with Gasteiger partial charge in [-0.05, 0) is 69.1 Å². The van der Waals surface area contributed by atoms with E-state index in [1.54, 1.807) is 29.4 Å². The molecule has 2 saturated carbocycles. The Hall–Kier alpha value is -2.77. The number of hydrogen-bond acceptors (Lipinski definition) is 5. The van der Waals surface area contributed by atoms with Gasteiger partial charge in [-0.25, -0.2) is 0 Å². The lowest BCUT2D eigenvalue weighted by atomic mass is 9.90. The Bertz CT molecular complexity index is 989. The molecule has 1 aromatic carbocycles. The first-order valence-electron chi connectivity index (χ1n) is 13.1. The average Bonchev–Trinajstić information content (AvgIpc) is 3.74. The van der Waals surface area contributed by atoms with Gasteiger partial charge in [-0.2, -0.15) is 0 Å². The summed E-state index contributed by atoms with van der Waals surface area (Å²) >= 11 is 0. The van der Waals surface area contributed by atoms with Crippen LogP contribution in [0.1, 0.15) is 67.3 Å². The molecule has 0 radical (unpaired) electrons. The fraction of sp³-hybridized carbons (Fsp3) is 0.536. The summed E-state index contributed by atoms with van der Waals surface area (Å²) in [7, 11) is 0. The molecule has 1 saturated heterocycles. The van der Waals surface area contributed by atoms with Gasteiger partial charge in [0.1, 0.15) is 6.04 Å². The number of pyridine rings is 1. The van der Waals surface area contributed by atoms with Crippen molar-refractivity contribution in [1.29, 1.82) is 0 Å². The first kappa shape index (κ1) is 23.9. The molecule has 5 rings (SSSR count). The topological polar surface area (TPSA) is 91.6 Å². The highest BCUT2D eigenvalue weighted by Gasteiger charge is 2.42. The Kier molecular flexibility index (Phi) is 7.44. The van der Waals surface area contributed by atoms with Crippen LogP contribution in [0.5, 0.6) is 0 Å². The van der Waals surface area contributed by atoms with Crippen molar-refractivity contribution < 1.29 is 9.59 Å². The number of nitrogens with two attached hydrogens (primary N) is 1. The highest BCUT2D eigenvalue weighted by Crippen LogP contribution is 2.35. The lowest BCUT2D eigenvalue weighted by Gasteiger charge is -2.43. The van der Waals surface area contributed by atoms with Gasteiger partial charge in [0.05, 0.1) is 5.56 Å². The van der Waals surface area contributed by atoms with Crippen LogP contribution in [0.3, 0.4) is 0 Å². The van der Waals surface area contributed by atoms with E-state index < -0.39 is 6.04 Å². The molecule has 186 valence electrons. The fourth-order valence-corrected chi connectivity index (χ4v) is 5.71. The third-order valence-corrected chi connectivity index (χ3v) is 7.86. The third kappa shape index (κ3) is 5.90. The normalized spacial score (nSPS) is 27.0. The smallest absolute Gasteiger partial charge is 0.256 e. The van der Waals surface area contributed by atoms with Crippen LogP contribution in [-0.2, 0) is 11.3 Å². The predicted molar refractivity (Wildman–Crippen MR) is 135 cm³/mol. The minimum atomic E-state index is -0.478. The molecule has 0 bridgehead atoms. The number of carbonyl (C=O) groups excluding carboxylic acids is 2. The molecular formula is C28H37N5O2. The van der Waals surface area contributed by atoms with E-state index in [1.165, 1.54) is 18.4 Å². The van der Waals surface area contributed by atoms with E-state index in [9.17, 15) is 9.59 Å². The van der Waals surface area contributed by atoms with Crippen LogP contribution in [0.15, 0.2) is 54.9 Å². The molecule has 2 aromatic rings. The quantitative estimate of drug-likeness (QED) is 0.642. The lowest BCUT2D eigenvalue weighted by molar-refractivity contribution is -0.128. The molecule has 2 atom stereocenters. The van der Waals surface area contributed by atoms with Crippen molar-refractivity contribution >= 4 is 11.8 Å². The summed E-state index contributed by atoms with van der Waals surface area (Å²) in [5.41, 5.74) is 7.91. The standard InChI is InChI=1S/C28H37N5O2/c29-22-8-10-23(11-9-22)31-27(34)26-17-25(14-16-32(26)28(35)21-7-4-15-30-18-21)33(24-12-13-24)19-20-5-2-1-3-6-20/h1-7,15,18,22-26H,8-14,16-17,19,29H2,(H,31,34)/t22?,23?,25?,26-/m1/s1. The van der Waals surface area contributed by atoms with Gasteiger partial charge in [0.2, 0.25) is 5.91 Å². The third-order valence-electron chi connectivity index (χ3n) is 7.86. The maximum absolute atomic E-state index is 13.6. The number of piperidine rings is 1. The van der Waals surface area contributed by atoms with E-state index >= 15 is 0 Å². The van der Waals surface area contributed by atoms with E-state index in [-0.39, 0.29) is 29.9 Å². The van der Waals surface area contributed by atoms with Crippen LogP contribution < -0.4 is 11.1 Å². The van der Waals surface area contributed by atoms with Crippen molar-refractivity contribution in [2.45, 2.75) is 88.1 Å². The van der Waals surface area contributed by atoms with Gasteiger partial charge in [0.25, 0.3) is 5.91 Å². The number of rotatable bonds is 7. The van der Waals surface area contributed by atoms with Crippen molar-refractivity contribution in [2.24, 2.45) is 5.73 Å². The molecule has 0 spiro atoms. The molecule has 2 heterocycles. The molecular weight excluding hydrogens is 438 g/mol. The lowest BCUT2D eigenvalue weighted by Crippen LogP contribution is -2.59. The first-order valence-corrected chi connectivity index (χ1v) is 13.1. The summed E-state index contributed by atoms with van der Waals surface area (Å²) in [6.45, 7) is 1.46. The van der Waals surface area contributed by atoms with Crippen LogP contribution in [0, 0.1) is 0 Å². The molecule has 7 heteroatoms. The highest BCUT2D eigenvalue weighted by atomic mass is 16.2. The van der Waals surface area contributed by atoms with E-state index in [4.69, 9.17) is 5.73 Å². The average molecular weight is 476 g/mol. The number of hydrogen-bond donors (Lipinski definition) is 2. The minimum absolute atomic E-state index is 0.0251. The molecule has 1 aromatic heterocycles. The summed E-state index contributed by atoms with van der Waals surface area (Å²) in [6, 6.07) is 14.9. The second-order valence-corrected chi connectivity index (χ2v) is 10.4. The molecule has 3 aliphatic rings. The van der Waals surface area contributed by atoms with Crippen molar-refractivity contribution in [1.82, 2.24) is 20.1 Å². The number of aromatic nitrogens is 1. The molecule has 35 heavy (non-hydrogen) atoms. The van der Waals surface area contributed by atoms with Crippen LogP contribution in [0.25, 0.3) is 0 Å². The van der Waals surface area contributed by atoms with Gasteiger partial charge in [-0.1, -0.05) is 30.3 Å². The van der Waals surface area contributed by atoms with Gasteiger partial charge in [0.15, 0.2) is 0 Å². The zero-order valence-electron chi connectivity index (χ0n) is 20.4. The predicted octanol–water partition coefficient (Wildman–Crippen LogP) is 3.11. The number of amides is 2. The van der Waals surface area contributed by atoms with Gasteiger partial charge >= 0.3 is 0 Å². The summed E-state index contributed by atoms with van der Waals surface area (Å²) < 4.78 is 0. The van der Waals surface area contributed by atoms with Crippen LogP contribution in [0.4, 0.5) is 0 Å². The maximum Gasteiger partial charge on any atom is 0.256 e. The Balaban J connectivity index is 1.34. The van der Waals surface area contributed by atoms with E-state index in [0.29, 0.717) is 24.6 Å². The van der Waals surface area contributed by atoms with Crippen molar-refractivity contribution in [3.63, 3.8) is 0 Å².